The third kappa shape index (κ3) is 2.52. The van der Waals surface area contributed by atoms with E-state index in [9.17, 15) is 0 Å². The second-order valence-corrected chi connectivity index (χ2v) is 7.69. The molecule has 0 fully saturated rings. The lowest BCUT2D eigenvalue weighted by molar-refractivity contribution is 0.632. The van der Waals surface area contributed by atoms with Gasteiger partial charge in [-0.15, -0.1) is 34.9 Å². The summed E-state index contributed by atoms with van der Waals surface area (Å²) in [5, 5.41) is 7.90. The van der Waals surface area contributed by atoms with Crippen molar-refractivity contribution in [1.82, 2.24) is 0 Å². The zero-order valence-electron chi connectivity index (χ0n) is 11.5. The van der Waals surface area contributed by atoms with Gasteiger partial charge in [0.25, 0.3) is 0 Å². The zero-order valence-corrected chi connectivity index (χ0v) is 13.9. The first-order valence-electron chi connectivity index (χ1n) is 6.41. The number of nitrogen functional groups attached to an aromatic ring is 1. The smallest absolute Gasteiger partial charge is 0.133 e. The van der Waals surface area contributed by atoms with Gasteiger partial charge >= 0.3 is 0 Å². The Labute approximate surface area is 136 Å². The normalized spacial score (nSPS) is 20.8. The van der Waals surface area contributed by atoms with Crippen molar-refractivity contribution in [3.63, 3.8) is 0 Å². The van der Waals surface area contributed by atoms with E-state index in [0.29, 0.717) is 0 Å². The van der Waals surface area contributed by atoms with Crippen molar-refractivity contribution in [3.8, 4) is 0 Å². The number of hydrogen-bond donors (Lipinski definition) is 2. The van der Waals surface area contributed by atoms with Gasteiger partial charge in [0.05, 0.1) is 14.6 Å². The molecule has 0 bridgehead atoms. The number of rotatable bonds is 4. The molecule has 3 nitrogen and oxygen atoms in total. The zero-order chi connectivity index (χ0) is 14.9. The number of nitrogens with one attached hydrogen (secondary N) is 1. The number of hydrogen-bond acceptors (Lipinski definition) is 5. The highest BCUT2D eigenvalue weighted by Crippen LogP contribution is 2.45. The molecule has 0 amide bonds. The maximum absolute atomic E-state index is 7.90. The molecule has 1 aliphatic heterocycles. The van der Waals surface area contributed by atoms with Gasteiger partial charge in [-0.2, -0.15) is 0 Å². The molecule has 0 saturated heterocycles. The molecule has 21 heavy (non-hydrogen) atoms. The summed E-state index contributed by atoms with van der Waals surface area (Å²) in [5.74, 6) is 0.972. The van der Waals surface area contributed by atoms with Gasteiger partial charge in [0.1, 0.15) is 11.4 Å². The summed E-state index contributed by atoms with van der Waals surface area (Å²) in [6.45, 7) is 0. The van der Waals surface area contributed by atoms with E-state index in [1.54, 1.807) is 34.9 Å². The van der Waals surface area contributed by atoms with Crippen LogP contribution in [-0.2, 0) is 5.54 Å². The molecular formula is C15H15N3S3. The number of nitrogens with zero attached hydrogens (tertiary/aromatic N) is 1. The fourth-order valence-corrected chi connectivity index (χ4v) is 5.08. The van der Waals surface area contributed by atoms with Crippen LogP contribution in [0.1, 0.15) is 16.0 Å². The van der Waals surface area contributed by atoms with E-state index >= 15 is 0 Å². The molecule has 1 atom stereocenters. The quantitative estimate of drug-likeness (QED) is 0.508. The number of benzene rings is 1. The van der Waals surface area contributed by atoms with Crippen LogP contribution in [0.25, 0.3) is 0 Å². The van der Waals surface area contributed by atoms with Crippen molar-refractivity contribution in [3.05, 3.63) is 52.4 Å². The second kappa shape index (κ2) is 5.87. The molecule has 1 aromatic heterocycles. The monoisotopic (exact) mass is 333 g/mol. The van der Waals surface area contributed by atoms with Gasteiger partial charge in [-0.05, 0) is 17.9 Å². The van der Waals surface area contributed by atoms with Gasteiger partial charge in [0.2, 0.25) is 0 Å². The summed E-state index contributed by atoms with van der Waals surface area (Å²) < 4.78 is 1.16. The Morgan fingerprint density at radius 1 is 1.38 bits per heavy atom. The Balaban J connectivity index is 2.22. The van der Waals surface area contributed by atoms with Gasteiger partial charge in [-0.25, -0.2) is 0 Å². The minimum Gasteiger partial charge on any atom is -0.383 e. The minimum absolute atomic E-state index is 0.123. The summed E-state index contributed by atoms with van der Waals surface area (Å²) in [6, 6.07) is 12.4. The van der Waals surface area contributed by atoms with Crippen LogP contribution in [0.3, 0.4) is 0 Å². The third-order valence-corrected chi connectivity index (χ3v) is 6.56. The Morgan fingerprint density at radius 3 is 2.71 bits per heavy atom. The first-order chi connectivity index (χ1) is 10.2. The molecule has 0 saturated carbocycles. The van der Waals surface area contributed by atoms with Crippen LogP contribution in [0.5, 0.6) is 0 Å². The van der Waals surface area contributed by atoms with Crippen LogP contribution in [0.4, 0.5) is 0 Å². The predicted molar refractivity (Wildman–Crippen MR) is 95.3 cm³/mol. The van der Waals surface area contributed by atoms with Crippen molar-refractivity contribution >= 4 is 46.2 Å². The highest BCUT2D eigenvalue weighted by atomic mass is 32.2. The number of thiophene rings is 1. The van der Waals surface area contributed by atoms with Gasteiger partial charge in [-0.1, -0.05) is 30.3 Å². The first-order valence-corrected chi connectivity index (χ1v) is 9.50. The van der Waals surface area contributed by atoms with E-state index in [1.807, 2.05) is 30.0 Å². The maximum atomic E-state index is 7.90. The van der Waals surface area contributed by atoms with Crippen LogP contribution < -0.4 is 5.73 Å². The number of aliphatic imine (C=N–C) groups is 1. The lowest BCUT2D eigenvalue weighted by atomic mass is 9.85. The van der Waals surface area contributed by atoms with Crippen LogP contribution in [0.15, 0.2) is 45.6 Å². The summed E-state index contributed by atoms with van der Waals surface area (Å²) in [6.07, 6.45) is 2.04. The van der Waals surface area contributed by atoms with Crippen LogP contribution >= 0.6 is 34.9 Å². The highest BCUT2D eigenvalue weighted by Gasteiger charge is 2.39. The molecule has 0 radical (unpaired) electrons. The fourth-order valence-electron chi connectivity index (χ4n) is 2.47. The molecule has 0 spiro atoms. The molecule has 3 rings (SSSR count). The SMILES string of the molecule is CSc1cc(C2(c3ccccc3)CSC=N2)c(C(=N)N)s1. The molecule has 2 heterocycles. The lowest BCUT2D eigenvalue weighted by Gasteiger charge is -2.26. The minimum atomic E-state index is -0.419. The Morgan fingerprint density at radius 2 is 2.14 bits per heavy atom. The van der Waals surface area contributed by atoms with E-state index in [4.69, 9.17) is 16.1 Å². The second-order valence-electron chi connectivity index (χ2n) is 4.70. The van der Waals surface area contributed by atoms with Crippen molar-refractivity contribution < 1.29 is 0 Å². The largest absolute Gasteiger partial charge is 0.383 e. The average molecular weight is 334 g/mol. The van der Waals surface area contributed by atoms with E-state index in [-0.39, 0.29) is 5.84 Å². The molecule has 6 heteroatoms. The van der Waals surface area contributed by atoms with Crippen LogP contribution in [0.2, 0.25) is 0 Å². The summed E-state index contributed by atoms with van der Waals surface area (Å²) in [5.41, 5.74) is 9.51. The molecule has 1 unspecified atom stereocenters. The molecule has 1 aliphatic rings. The topological polar surface area (TPSA) is 62.2 Å². The van der Waals surface area contributed by atoms with E-state index in [2.05, 4.69) is 18.2 Å². The number of amidine groups is 1. The van der Waals surface area contributed by atoms with Gasteiger partial charge in [0.15, 0.2) is 0 Å². The lowest BCUT2D eigenvalue weighted by Crippen LogP contribution is -2.28. The fraction of sp³-hybridized carbons (Fsp3) is 0.200. The van der Waals surface area contributed by atoms with Crippen molar-refractivity contribution in [1.29, 1.82) is 5.41 Å². The Hall–Kier alpha value is -1.24. The van der Waals surface area contributed by atoms with Crippen LogP contribution in [0, 0.1) is 5.41 Å². The number of thioether (sulfide) groups is 2. The molecule has 3 N–H and O–H groups in total. The van der Waals surface area contributed by atoms with Gasteiger partial charge < -0.3 is 5.73 Å². The standard InChI is InChI=1S/C15H15N3S3/c1-19-12-7-11(13(21-12)14(16)17)15(8-20-9-18-15)10-5-3-2-4-6-10/h2-7,9H,8H2,1H3,(H3,16,17). The third-order valence-electron chi connectivity index (χ3n) is 3.49. The summed E-state index contributed by atoms with van der Waals surface area (Å²) in [7, 11) is 0. The van der Waals surface area contributed by atoms with Gasteiger partial charge in [-0.3, -0.25) is 10.4 Å². The van der Waals surface area contributed by atoms with E-state index in [1.165, 1.54) is 0 Å². The number of nitrogens with two attached hydrogens (primary N) is 1. The first kappa shape index (κ1) is 14.7. The summed E-state index contributed by atoms with van der Waals surface area (Å²) >= 11 is 4.96. The molecule has 0 aliphatic carbocycles. The van der Waals surface area contributed by atoms with Crippen molar-refractivity contribution in [2.75, 3.05) is 12.0 Å². The van der Waals surface area contributed by atoms with E-state index < -0.39 is 5.54 Å². The Bertz CT molecular complexity index is 693. The molecule has 108 valence electrons. The van der Waals surface area contributed by atoms with Gasteiger partial charge in [0, 0.05) is 11.3 Å². The van der Waals surface area contributed by atoms with E-state index in [0.717, 1.165) is 26.0 Å². The molecule has 2 aromatic rings. The Kier molecular flexibility index (Phi) is 4.10. The van der Waals surface area contributed by atoms with Crippen molar-refractivity contribution in [2.45, 2.75) is 9.75 Å². The maximum Gasteiger partial charge on any atom is 0.133 e. The molecular weight excluding hydrogens is 318 g/mol. The van der Waals surface area contributed by atoms with Crippen molar-refractivity contribution in [2.24, 2.45) is 10.7 Å². The van der Waals surface area contributed by atoms with Crippen LogP contribution in [-0.4, -0.2) is 23.4 Å². The predicted octanol–water partition coefficient (Wildman–Crippen LogP) is 3.77. The summed E-state index contributed by atoms with van der Waals surface area (Å²) in [4.78, 5) is 5.62. The molecule has 1 aromatic carbocycles. The highest BCUT2D eigenvalue weighted by molar-refractivity contribution is 8.12. The average Bonchev–Trinajstić information content (AvgIpc) is 3.15.